The van der Waals surface area contributed by atoms with Crippen LogP contribution in [0.2, 0.25) is 0 Å². The van der Waals surface area contributed by atoms with Crippen LogP contribution in [0, 0.1) is 13.8 Å². The third kappa shape index (κ3) is 3.82. The summed E-state index contributed by atoms with van der Waals surface area (Å²) >= 11 is 0. The normalized spacial score (nSPS) is 12.8. The van der Waals surface area contributed by atoms with E-state index in [9.17, 15) is 4.79 Å². The van der Waals surface area contributed by atoms with Crippen LogP contribution in [0.5, 0.6) is 0 Å². The average molecular weight is 527 g/mol. The van der Waals surface area contributed by atoms with E-state index in [-0.39, 0.29) is 5.91 Å². The zero-order chi connectivity index (χ0) is 27.4. The monoisotopic (exact) mass is 526 g/mol. The van der Waals surface area contributed by atoms with Gasteiger partial charge < -0.3 is 15.2 Å². The van der Waals surface area contributed by atoms with Crippen LogP contribution in [0.1, 0.15) is 27.2 Å². The van der Waals surface area contributed by atoms with Crippen LogP contribution in [0.4, 0.5) is 17.5 Å². The molecule has 5 heterocycles. The SMILES string of the molecule is Cc1cnc(Nc2cc(C)n(C)n2)nc1-c1c[nH]c2c(N3Cc4c(cccc4-c4ccncc4)C3=O)cccc12. The van der Waals surface area contributed by atoms with Crippen LogP contribution in [0.25, 0.3) is 33.3 Å². The van der Waals surface area contributed by atoms with Crippen molar-refractivity contribution in [3.05, 3.63) is 102 Å². The lowest BCUT2D eigenvalue weighted by Crippen LogP contribution is -2.23. The summed E-state index contributed by atoms with van der Waals surface area (Å²) in [7, 11) is 1.90. The number of nitrogens with one attached hydrogen (secondary N) is 2. The Kier molecular flexibility index (Phi) is 5.45. The highest BCUT2D eigenvalue weighted by Crippen LogP contribution is 2.39. The van der Waals surface area contributed by atoms with Gasteiger partial charge in [-0.15, -0.1) is 0 Å². The summed E-state index contributed by atoms with van der Waals surface area (Å²) in [5, 5.41) is 8.65. The molecule has 0 unspecified atom stereocenters. The largest absolute Gasteiger partial charge is 0.359 e. The number of hydrogen-bond acceptors (Lipinski definition) is 6. The van der Waals surface area contributed by atoms with Gasteiger partial charge in [0, 0.05) is 60.1 Å². The fourth-order valence-corrected chi connectivity index (χ4v) is 5.40. The van der Waals surface area contributed by atoms with Gasteiger partial charge in [-0.3, -0.25) is 14.5 Å². The number of aryl methyl sites for hydroxylation is 3. The second-order valence-electron chi connectivity index (χ2n) is 10.0. The molecule has 1 amide bonds. The molecular weight excluding hydrogens is 500 g/mol. The van der Waals surface area contributed by atoms with E-state index in [1.807, 2.05) is 80.7 Å². The number of para-hydroxylation sites is 1. The molecule has 0 fully saturated rings. The molecule has 0 saturated heterocycles. The first-order valence-electron chi connectivity index (χ1n) is 13.0. The fourth-order valence-electron chi connectivity index (χ4n) is 5.40. The molecular formula is C31H26N8O. The zero-order valence-electron chi connectivity index (χ0n) is 22.3. The van der Waals surface area contributed by atoms with Crippen molar-refractivity contribution in [3.8, 4) is 22.4 Å². The summed E-state index contributed by atoms with van der Waals surface area (Å²) in [6, 6.07) is 17.8. The van der Waals surface area contributed by atoms with Gasteiger partial charge in [-0.05, 0) is 60.4 Å². The second-order valence-corrected chi connectivity index (χ2v) is 10.0. The zero-order valence-corrected chi connectivity index (χ0v) is 22.3. The Bertz CT molecular complexity index is 1900. The lowest BCUT2D eigenvalue weighted by molar-refractivity contribution is 0.0997. The van der Waals surface area contributed by atoms with Crippen LogP contribution in [0.3, 0.4) is 0 Å². The molecule has 0 radical (unpaired) electrons. The van der Waals surface area contributed by atoms with Crippen LogP contribution in [-0.2, 0) is 13.6 Å². The van der Waals surface area contributed by atoms with E-state index in [1.54, 1.807) is 17.1 Å². The maximum Gasteiger partial charge on any atom is 0.259 e. The van der Waals surface area contributed by atoms with E-state index in [4.69, 9.17) is 4.98 Å². The molecule has 196 valence electrons. The van der Waals surface area contributed by atoms with Crippen molar-refractivity contribution in [2.45, 2.75) is 20.4 Å². The summed E-state index contributed by atoms with van der Waals surface area (Å²) in [5.41, 5.74) is 9.30. The van der Waals surface area contributed by atoms with Crippen molar-refractivity contribution in [1.29, 1.82) is 0 Å². The van der Waals surface area contributed by atoms with Crippen molar-refractivity contribution in [3.63, 3.8) is 0 Å². The number of anilines is 3. The van der Waals surface area contributed by atoms with Crippen molar-refractivity contribution < 1.29 is 4.79 Å². The van der Waals surface area contributed by atoms with Gasteiger partial charge in [0.1, 0.15) is 0 Å². The fraction of sp³-hybridized carbons (Fsp3) is 0.129. The molecule has 0 bridgehead atoms. The molecule has 0 atom stereocenters. The Balaban J connectivity index is 1.26. The molecule has 6 aromatic rings. The summed E-state index contributed by atoms with van der Waals surface area (Å²) in [4.78, 5) is 32.4. The Hall–Kier alpha value is -5.31. The first kappa shape index (κ1) is 23.8. The second kappa shape index (κ2) is 9.16. The van der Waals surface area contributed by atoms with Crippen LogP contribution in [0.15, 0.2) is 79.4 Å². The molecule has 9 heteroatoms. The van der Waals surface area contributed by atoms with Crippen molar-refractivity contribution >= 4 is 34.3 Å². The van der Waals surface area contributed by atoms with E-state index in [0.717, 1.165) is 61.4 Å². The van der Waals surface area contributed by atoms with Gasteiger partial charge in [0.2, 0.25) is 5.95 Å². The molecule has 2 N–H and O–H groups in total. The number of aromatic amines is 1. The molecule has 0 aliphatic carbocycles. The summed E-state index contributed by atoms with van der Waals surface area (Å²) in [6.45, 7) is 4.48. The van der Waals surface area contributed by atoms with Crippen LogP contribution in [-0.4, -0.2) is 35.6 Å². The topological polar surface area (TPSA) is 105 Å². The average Bonchev–Trinajstić information content (AvgIpc) is 3.65. The standard InChI is InChI=1S/C31H26N8O/c1-18-15-34-31(35-27-14-19(2)38(3)37-27)36-28(18)24-16-33-29-22(24)7-5-9-26(29)39-17-25-21(20-10-12-32-13-11-20)6-4-8-23(25)30(39)40/h4-16,33H,17H2,1-3H3,(H,34,35,36,37). The van der Waals surface area contributed by atoms with Gasteiger partial charge in [0.25, 0.3) is 5.91 Å². The maximum absolute atomic E-state index is 13.7. The minimum atomic E-state index is -0.00934. The number of fused-ring (bicyclic) bond motifs is 2. The number of aromatic nitrogens is 6. The number of amides is 1. The van der Waals surface area contributed by atoms with Gasteiger partial charge in [-0.25, -0.2) is 9.97 Å². The molecule has 0 saturated carbocycles. The minimum Gasteiger partial charge on any atom is -0.359 e. The molecule has 4 aromatic heterocycles. The molecule has 9 nitrogen and oxygen atoms in total. The molecule has 7 rings (SSSR count). The van der Waals surface area contributed by atoms with E-state index in [0.29, 0.717) is 18.3 Å². The number of hydrogen-bond donors (Lipinski definition) is 2. The smallest absolute Gasteiger partial charge is 0.259 e. The van der Waals surface area contributed by atoms with Crippen LogP contribution < -0.4 is 10.2 Å². The molecule has 40 heavy (non-hydrogen) atoms. The Morgan fingerprint density at radius 3 is 2.58 bits per heavy atom. The van der Waals surface area contributed by atoms with Gasteiger partial charge in [-0.2, -0.15) is 5.10 Å². The number of carbonyl (C=O) groups excluding carboxylic acids is 1. The van der Waals surface area contributed by atoms with Gasteiger partial charge >= 0.3 is 0 Å². The summed E-state index contributed by atoms with van der Waals surface area (Å²) in [5.74, 6) is 1.15. The highest BCUT2D eigenvalue weighted by molar-refractivity contribution is 6.15. The number of pyridine rings is 1. The molecule has 1 aliphatic rings. The number of benzene rings is 2. The predicted molar refractivity (Wildman–Crippen MR) is 155 cm³/mol. The summed E-state index contributed by atoms with van der Waals surface area (Å²) in [6.07, 6.45) is 7.31. The van der Waals surface area contributed by atoms with Gasteiger partial charge in [0.15, 0.2) is 5.82 Å². The molecule has 1 aliphatic heterocycles. The van der Waals surface area contributed by atoms with Crippen LogP contribution >= 0.6 is 0 Å². The van der Waals surface area contributed by atoms with Crippen molar-refractivity contribution in [2.24, 2.45) is 7.05 Å². The lowest BCUT2D eigenvalue weighted by Gasteiger charge is -2.17. The number of rotatable bonds is 5. The van der Waals surface area contributed by atoms with Gasteiger partial charge in [-0.1, -0.05) is 24.3 Å². The third-order valence-electron chi connectivity index (χ3n) is 7.52. The maximum atomic E-state index is 13.7. The third-order valence-corrected chi connectivity index (χ3v) is 7.52. The Morgan fingerprint density at radius 2 is 1.77 bits per heavy atom. The summed E-state index contributed by atoms with van der Waals surface area (Å²) < 4.78 is 1.80. The highest BCUT2D eigenvalue weighted by Gasteiger charge is 2.32. The Labute approximate surface area is 230 Å². The predicted octanol–water partition coefficient (Wildman–Crippen LogP) is 5.94. The van der Waals surface area contributed by atoms with Crippen molar-refractivity contribution in [1.82, 2.24) is 29.7 Å². The number of carbonyl (C=O) groups is 1. The first-order valence-corrected chi connectivity index (χ1v) is 13.0. The highest BCUT2D eigenvalue weighted by atomic mass is 16.2. The van der Waals surface area contributed by atoms with E-state index >= 15 is 0 Å². The van der Waals surface area contributed by atoms with E-state index in [2.05, 4.69) is 37.5 Å². The van der Waals surface area contributed by atoms with E-state index < -0.39 is 0 Å². The van der Waals surface area contributed by atoms with Crippen molar-refractivity contribution in [2.75, 3.05) is 10.2 Å². The number of nitrogens with zero attached hydrogens (tertiary/aromatic N) is 6. The Morgan fingerprint density at radius 1 is 0.975 bits per heavy atom. The number of H-pyrrole nitrogens is 1. The van der Waals surface area contributed by atoms with Gasteiger partial charge in [0.05, 0.1) is 23.4 Å². The molecule has 0 spiro atoms. The first-order chi connectivity index (χ1) is 19.5. The molecule has 2 aromatic carbocycles. The van der Waals surface area contributed by atoms with E-state index in [1.165, 1.54) is 0 Å². The lowest BCUT2D eigenvalue weighted by atomic mass is 9.98. The quantitative estimate of drug-likeness (QED) is 0.288. The minimum absolute atomic E-state index is 0.00934.